The van der Waals surface area contributed by atoms with E-state index in [1.165, 1.54) is 11.6 Å². The first-order valence-corrected chi connectivity index (χ1v) is 13.5. The van der Waals surface area contributed by atoms with E-state index in [-0.39, 0.29) is 22.6 Å². The number of ether oxygens (including phenoxy) is 3. The highest BCUT2D eigenvalue weighted by molar-refractivity contribution is 5.85. The maximum atomic E-state index is 15.1. The van der Waals surface area contributed by atoms with Gasteiger partial charge in [-0.2, -0.15) is 0 Å². The number of carboxylic acids is 1. The molecular formula is C33H33FO5. The van der Waals surface area contributed by atoms with Crippen LogP contribution in [0.5, 0.6) is 17.2 Å². The molecule has 3 aromatic rings. The smallest absolute Gasteiger partial charge is 0.307 e. The third-order valence-corrected chi connectivity index (χ3v) is 8.76. The zero-order valence-corrected chi connectivity index (χ0v) is 22.6. The van der Waals surface area contributed by atoms with Crippen LogP contribution in [0.3, 0.4) is 0 Å². The fourth-order valence-corrected chi connectivity index (χ4v) is 6.40. The van der Waals surface area contributed by atoms with Crippen LogP contribution in [0.1, 0.15) is 56.2 Å². The standard InChI is InChI=1S/C33H33FO5/c1-32(2)12-4-5-26(32)24-15-20(6-9-23(24)25-16-21(37-3)7-10-29(25)34)19-39-22-8-11-30-27(17-22)33(13-14-38-30)18-28(33)31(35)36/h5-11,15-17,28H,4,12-14,18-19H2,1-3H3,(H,35,36)/t28-,33-/m0/s1. The molecule has 202 valence electrons. The van der Waals surface area contributed by atoms with Gasteiger partial charge in [-0.1, -0.05) is 32.1 Å². The molecule has 6 heteroatoms. The molecule has 6 rings (SSSR count). The lowest BCUT2D eigenvalue weighted by atomic mass is 9.79. The molecule has 1 N–H and O–H groups in total. The highest BCUT2D eigenvalue weighted by atomic mass is 19.1. The van der Waals surface area contributed by atoms with Crippen LogP contribution in [-0.2, 0) is 16.8 Å². The zero-order chi connectivity index (χ0) is 27.4. The number of carboxylic acid groups (broad SMARTS) is 1. The lowest BCUT2D eigenvalue weighted by molar-refractivity contribution is -0.139. The average Bonchev–Trinajstić information content (AvgIpc) is 3.54. The van der Waals surface area contributed by atoms with E-state index in [1.807, 2.05) is 30.3 Å². The van der Waals surface area contributed by atoms with Crippen molar-refractivity contribution >= 4 is 11.5 Å². The Labute approximate surface area is 228 Å². The number of hydrogen-bond donors (Lipinski definition) is 1. The largest absolute Gasteiger partial charge is 0.497 e. The average molecular weight is 529 g/mol. The van der Waals surface area contributed by atoms with Gasteiger partial charge in [-0.05, 0) is 95.8 Å². The molecule has 5 nitrogen and oxygen atoms in total. The molecule has 1 aliphatic heterocycles. The van der Waals surface area contributed by atoms with Gasteiger partial charge in [0.15, 0.2) is 0 Å². The van der Waals surface area contributed by atoms with Crippen LogP contribution in [0.15, 0.2) is 60.7 Å². The van der Waals surface area contributed by atoms with Crippen LogP contribution < -0.4 is 14.2 Å². The lowest BCUT2D eigenvalue weighted by Gasteiger charge is -2.27. The summed E-state index contributed by atoms with van der Waals surface area (Å²) in [6.07, 6.45) is 5.63. The molecule has 1 heterocycles. The van der Waals surface area contributed by atoms with Gasteiger partial charge >= 0.3 is 5.97 Å². The number of benzene rings is 3. The highest BCUT2D eigenvalue weighted by Gasteiger charge is 2.61. The van der Waals surface area contributed by atoms with E-state index in [2.05, 4.69) is 26.0 Å². The lowest BCUT2D eigenvalue weighted by Crippen LogP contribution is -2.24. The first-order valence-electron chi connectivity index (χ1n) is 13.5. The van der Waals surface area contributed by atoms with Crippen LogP contribution in [-0.4, -0.2) is 24.8 Å². The second-order valence-corrected chi connectivity index (χ2v) is 11.6. The first-order chi connectivity index (χ1) is 18.7. The SMILES string of the molecule is COc1ccc(F)c(-c2ccc(COc3ccc4c(c3)[C@]3(CCO4)C[C@H]3C(=O)O)cc2C2=CCCC2(C)C)c1. The van der Waals surface area contributed by atoms with Crippen molar-refractivity contribution in [1.29, 1.82) is 0 Å². The molecule has 0 amide bonds. The summed E-state index contributed by atoms with van der Waals surface area (Å²) in [7, 11) is 1.58. The van der Waals surface area contributed by atoms with E-state index in [4.69, 9.17) is 14.2 Å². The summed E-state index contributed by atoms with van der Waals surface area (Å²) in [5.74, 6) is 0.630. The number of halogens is 1. The van der Waals surface area contributed by atoms with E-state index in [0.717, 1.165) is 40.8 Å². The number of carbonyl (C=O) groups is 1. The molecule has 0 radical (unpaired) electrons. The summed E-state index contributed by atoms with van der Waals surface area (Å²) in [6, 6.07) is 16.6. The topological polar surface area (TPSA) is 65.0 Å². The van der Waals surface area contributed by atoms with Crippen molar-refractivity contribution in [3.05, 3.63) is 83.2 Å². The second kappa shape index (κ2) is 9.44. The van der Waals surface area contributed by atoms with Gasteiger partial charge in [0.2, 0.25) is 0 Å². The maximum Gasteiger partial charge on any atom is 0.307 e. The van der Waals surface area contributed by atoms with Crippen molar-refractivity contribution in [2.24, 2.45) is 11.3 Å². The second-order valence-electron chi connectivity index (χ2n) is 11.6. The summed E-state index contributed by atoms with van der Waals surface area (Å²) in [4.78, 5) is 11.7. The van der Waals surface area contributed by atoms with Gasteiger partial charge in [0.05, 0.1) is 19.6 Å². The summed E-state index contributed by atoms with van der Waals surface area (Å²) >= 11 is 0. The summed E-state index contributed by atoms with van der Waals surface area (Å²) in [5, 5.41) is 9.61. The van der Waals surface area contributed by atoms with Crippen molar-refractivity contribution in [1.82, 2.24) is 0 Å². The van der Waals surface area contributed by atoms with Gasteiger partial charge in [-0.15, -0.1) is 0 Å². The van der Waals surface area contributed by atoms with E-state index in [9.17, 15) is 9.90 Å². The Morgan fingerprint density at radius 1 is 1.03 bits per heavy atom. The van der Waals surface area contributed by atoms with Crippen LogP contribution in [0.25, 0.3) is 16.7 Å². The van der Waals surface area contributed by atoms with E-state index in [0.29, 0.717) is 43.1 Å². The van der Waals surface area contributed by atoms with Crippen LogP contribution in [0.2, 0.25) is 0 Å². The number of rotatable bonds is 7. The summed E-state index contributed by atoms with van der Waals surface area (Å²) < 4.78 is 32.5. The van der Waals surface area contributed by atoms with E-state index >= 15 is 4.39 Å². The molecule has 1 spiro atoms. The fraction of sp³-hybridized carbons (Fsp3) is 0.364. The third kappa shape index (κ3) is 4.46. The normalized spacial score (nSPS) is 22.6. The summed E-state index contributed by atoms with van der Waals surface area (Å²) in [5.41, 5.74) is 5.08. The van der Waals surface area contributed by atoms with Gasteiger partial charge in [-0.25, -0.2) is 4.39 Å². The first kappa shape index (κ1) is 25.5. The molecule has 1 fully saturated rings. The minimum Gasteiger partial charge on any atom is -0.497 e. The van der Waals surface area contributed by atoms with Gasteiger partial charge in [-0.3, -0.25) is 4.79 Å². The number of methoxy groups -OCH3 is 1. The Bertz CT molecular complexity index is 1490. The predicted molar refractivity (Wildman–Crippen MR) is 148 cm³/mol. The van der Waals surface area contributed by atoms with Crippen molar-refractivity contribution in [2.75, 3.05) is 13.7 Å². The monoisotopic (exact) mass is 528 g/mol. The number of allylic oxidation sites excluding steroid dienone is 2. The van der Waals surface area contributed by atoms with Gasteiger partial charge in [0, 0.05) is 16.5 Å². The van der Waals surface area contributed by atoms with Gasteiger partial charge in [0.1, 0.15) is 29.7 Å². The van der Waals surface area contributed by atoms with Crippen molar-refractivity contribution < 1.29 is 28.5 Å². The Hall–Kier alpha value is -3.80. The Balaban J connectivity index is 1.32. The molecular weight excluding hydrogens is 495 g/mol. The molecule has 3 aliphatic rings. The highest BCUT2D eigenvalue weighted by Crippen LogP contribution is 2.61. The molecule has 0 saturated heterocycles. The summed E-state index contributed by atoms with van der Waals surface area (Å²) in [6.45, 7) is 5.32. The molecule has 0 unspecified atom stereocenters. The van der Waals surface area contributed by atoms with Gasteiger partial charge in [0.25, 0.3) is 0 Å². The fourth-order valence-electron chi connectivity index (χ4n) is 6.40. The Morgan fingerprint density at radius 2 is 1.85 bits per heavy atom. The van der Waals surface area contributed by atoms with Crippen molar-refractivity contribution in [3.63, 3.8) is 0 Å². The molecule has 0 bridgehead atoms. The molecule has 1 saturated carbocycles. The molecule has 39 heavy (non-hydrogen) atoms. The van der Waals surface area contributed by atoms with Crippen molar-refractivity contribution in [2.45, 2.75) is 51.6 Å². The van der Waals surface area contributed by atoms with Crippen molar-refractivity contribution in [3.8, 4) is 28.4 Å². The van der Waals surface area contributed by atoms with Crippen LogP contribution >= 0.6 is 0 Å². The number of fused-ring (bicyclic) bond motifs is 2. The van der Waals surface area contributed by atoms with E-state index < -0.39 is 5.97 Å². The minimum absolute atomic E-state index is 0.0265. The maximum absolute atomic E-state index is 15.1. The predicted octanol–water partition coefficient (Wildman–Crippen LogP) is 7.41. The molecule has 2 aliphatic carbocycles. The van der Waals surface area contributed by atoms with Crippen LogP contribution in [0.4, 0.5) is 4.39 Å². The number of hydrogen-bond acceptors (Lipinski definition) is 4. The number of aliphatic carboxylic acids is 1. The molecule has 3 aromatic carbocycles. The van der Waals surface area contributed by atoms with Crippen LogP contribution in [0, 0.1) is 17.2 Å². The quantitative estimate of drug-likeness (QED) is 0.346. The zero-order valence-electron chi connectivity index (χ0n) is 22.6. The van der Waals surface area contributed by atoms with E-state index in [1.54, 1.807) is 19.2 Å². The molecule has 2 atom stereocenters. The Kier molecular flexibility index (Phi) is 6.17. The molecule has 0 aromatic heterocycles. The minimum atomic E-state index is -0.751. The van der Waals surface area contributed by atoms with Gasteiger partial charge < -0.3 is 19.3 Å². The third-order valence-electron chi connectivity index (χ3n) is 8.76. The Morgan fingerprint density at radius 3 is 2.56 bits per heavy atom.